The Morgan fingerprint density at radius 1 is 0.811 bits per heavy atom. The molecule has 3 aromatic heterocycles. The van der Waals surface area contributed by atoms with Gasteiger partial charge < -0.3 is 5.32 Å². The summed E-state index contributed by atoms with van der Waals surface area (Å²) in [5, 5.41) is 3.36. The monoisotopic (exact) mass is 492 g/mol. The normalized spacial score (nSPS) is 14.7. The number of rotatable bonds is 8. The summed E-state index contributed by atoms with van der Waals surface area (Å²) in [6, 6.07) is 21.9. The van der Waals surface area contributed by atoms with E-state index in [-0.39, 0.29) is 0 Å². The number of pyridine rings is 3. The molecule has 1 saturated heterocycles. The summed E-state index contributed by atoms with van der Waals surface area (Å²) in [4.78, 5) is 19.0. The molecule has 190 valence electrons. The average molecular weight is 493 g/mol. The van der Waals surface area contributed by atoms with Crippen molar-refractivity contribution in [3.8, 4) is 33.6 Å². The summed E-state index contributed by atoms with van der Waals surface area (Å²) in [7, 11) is 0. The van der Waals surface area contributed by atoms with Gasteiger partial charge in [-0.2, -0.15) is 0 Å². The summed E-state index contributed by atoms with van der Waals surface area (Å²) in [6.45, 7) is 13.0. The molecule has 1 N–H and O–H groups in total. The third-order valence-electron chi connectivity index (χ3n) is 7.01. The molecule has 1 aliphatic heterocycles. The molecular weight excluding hydrogens is 456 g/mol. The molecule has 4 heterocycles. The lowest BCUT2D eigenvalue weighted by molar-refractivity contribution is 0.104. The summed E-state index contributed by atoms with van der Waals surface area (Å²) >= 11 is 0. The van der Waals surface area contributed by atoms with Crippen molar-refractivity contribution in [2.24, 2.45) is 0 Å². The quantitative estimate of drug-likeness (QED) is 0.334. The number of hydrogen-bond acceptors (Lipinski definition) is 6. The highest BCUT2D eigenvalue weighted by atomic mass is 15.3. The topological polar surface area (TPSA) is 57.2 Å². The molecule has 0 spiro atoms. The van der Waals surface area contributed by atoms with E-state index in [0.29, 0.717) is 6.04 Å². The Morgan fingerprint density at radius 2 is 1.57 bits per heavy atom. The molecule has 0 amide bonds. The van der Waals surface area contributed by atoms with Crippen LogP contribution in [0.3, 0.4) is 0 Å². The predicted octanol–water partition coefficient (Wildman–Crippen LogP) is 5.83. The van der Waals surface area contributed by atoms with Gasteiger partial charge in [-0.15, -0.1) is 0 Å². The largest absolute Gasteiger partial charge is 0.370 e. The van der Waals surface area contributed by atoms with E-state index in [0.717, 1.165) is 73.2 Å². The second-order valence-corrected chi connectivity index (χ2v) is 9.94. The third kappa shape index (κ3) is 6.21. The molecule has 5 rings (SSSR count). The zero-order chi connectivity index (χ0) is 25.6. The zero-order valence-electron chi connectivity index (χ0n) is 22.1. The maximum Gasteiger partial charge on any atom is 0.127 e. The summed E-state index contributed by atoms with van der Waals surface area (Å²) in [5.74, 6) is 0.838. The smallest absolute Gasteiger partial charge is 0.127 e. The van der Waals surface area contributed by atoms with Crippen LogP contribution in [-0.4, -0.2) is 63.5 Å². The lowest BCUT2D eigenvalue weighted by Crippen LogP contribution is -2.48. The van der Waals surface area contributed by atoms with Crippen LogP contribution in [0.1, 0.15) is 26.3 Å². The van der Waals surface area contributed by atoms with E-state index in [1.165, 1.54) is 11.1 Å². The van der Waals surface area contributed by atoms with Crippen molar-refractivity contribution in [3.05, 3.63) is 84.8 Å². The summed E-state index contributed by atoms with van der Waals surface area (Å²) < 4.78 is 0. The first kappa shape index (κ1) is 25.1. The number of benzene rings is 1. The molecule has 4 aromatic rings. The van der Waals surface area contributed by atoms with Crippen molar-refractivity contribution < 1.29 is 0 Å². The second-order valence-electron chi connectivity index (χ2n) is 9.94. The SMILES string of the molecule is CCNc1cc(-c2cncc(-c3ccc(CN4CCN(C(C)C)CC4)cc3)c2)cc(-c2ccccn2)n1. The van der Waals surface area contributed by atoms with E-state index in [9.17, 15) is 0 Å². The van der Waals surface area contributed by atoms with Crippen LogP contribution >= 0.6 is 0 Å². The van der Waals surface area contributed by atoms with Gasteiger partial charge in [-0.3, -0.25) is 19.8 Å². The van der Waals surface area contributed by atoms with Crippen molar-refractivity contribution in [3.63, 3.8) is 0 Å². The predicted molar refractivity (Wildman–Crippen MR) is 152 cm³/mol. The number of nitrogens with one attached hydrogen (secondary N) is 1. The van der Waals surface area contributed by atoms with Crippen LogP contribution in [0.15, 0.2) is 79.3 Å². The zero-order valence-corrected chi connectivity index (χ0v) is 22.1. The molecule has 0 atom stereocenters. The second kappa shape index (κ2) is 11.6. The Balaban J connectivity index is 1.34. The number of hydrogen-bond donors (Lipinski definition) is 1. The van der Waals surface area contributed by atoms with Gasteiger partial charge in [-0.25, -0.2) is 4.98 Å². The molecule has 37 heavy (non-hydrogen) atoms. The third-order valence-corrected chi connectivity index (χ3v) is 7.01. The van der Waals surface area contributed by atoms with Gasteiger partial charge >= 0.3 is 0 Å². The highest BCUT2D eigenvalue weighted by Gasteiger charge is 2.18. The van der Waals surface area contributed by atoms with Gasteiger partial charge in [0.1, 0.15) is 5.82 Å². The minimum Gasteiger partial charge on any atom is -0.370 e. The number of aromatic nitrogens is 3. The lowest BCUT2D eigenvalue weighted by atomic mass is 10.0. The van der Waals surface area contributed by atoms with E-state index in [2.05, 4.69) is 88.3 Å². The molecule has 1 aliphatic rings. The number of piperazine rings is 1. The fourth-order valence-corrected chi connectivity index (χ4v) is 4.87. The van der Waals surface area contributed by atoms with Crippen LogP contribution in [0.5, 0.6) is 0 Å². The number of anilines is 1. The van der Waals surface area contributed by atoms with Crippen molar-refractivity contribution in [1.82, 2.24) is 24.8 Å². The summed E-state index contributed by atoms with van der Waals surface area (Å²) in [6.07, 6.45) is 5.66. The van der Waals surface area contributed by atoms with Crippen LogP contribution in [0.4, 0.5) is 5.82 Å². The molecule has 1 fully saturated rings. The van der Waals surface area contributed by atoms with Gasteiger partial charge in [0.15, 0.2) is 0 Å². The van der Waals surface area contributed by atoms with Crippen LogP contribution in [0.2, 0.25) is 0 Å². The van der Waals surface area contributed by atoms with Gasteiger partial charge in [-0.1, -0.05) is 30.3 Å². The van der Waals surface area contributed by atoms with Crippen molar-refractivity contribution >= 4 is 5.82 Å². The molecule has 0 unspecified atom stereocenters. The van der Waals surface area contributed by atoms with E-state index in [1.54, 1.807) is 6.20 Å². The maximum absolute atomic E-state index is 4.77. The molecule has 6 heteroatoms. The first-order valence-corrected chi connectivity index (χ1v) is 13.3. The molecular formula is C31H36N6. The van der Waals surface area contributed by atoms with E-state index < -0.39 is 0 Å². The van der Waals surface area contributed by atoms with Crippen molar-refractivity contribution in [2.75, 3.05) is 38.0 Å². The number of nitrogens with zero attached hydrogens (tertiary/aromatic N) is 5. The Labute approximate surface area is 220 Å². The van der Waals surface area contributed by atoms with E-state index >= 15 is 0 Å². The van der Waals surface area contributed by atoms with Crippen LogP contribution < -0.4 is 5.32 Å². The Kier molecular flexibility index (Phi) is 7.87. The first-order chi connectivity index (χ1) is 18.1. The minimum atomic E-state index is 0.633. The molecule has 0 radical (unpaired) electrons. The van der Waals surface area contributed by atoms with Gasteiger partial charge in [0.2, 0.25) is 0 Å². The minimum absolute atomic E-state index is 0.633. The van der Waals surface area contributed by atoms with Gasteiger partial charge in [0.05, 0.1) is 11.4 Å². The lowest BCUT2D eigenvalue weighted by Gasteiger charge is -2.36. The fourth-order valence-electron chi connectivity index (χ4n) is 4.87. The highest BCUT2D eigenvalue weighted by molar-refractivity contribution is 5.76. The Morgan fingerprint density at radius 3 is 2.24 bits per heavy atom. The highest BCUT2D eigenvalue weighted by Crippen LogP contribution is 2.30. The molecule has 6 nitrogen and oxygen atoms in total. The van der Waals surface area contributed by atoms with Gasteiger partial charge in [-0.05, 0) is 67.8 Å². The molecule has 0 bridgehead atoms. The van der Waals surface area contributed by atoms with Gasteiger partial charge in [0, 0.05) is 75.0 Å². The van der Waals surface area contributed by atoms with Crippen LogP contribution in [0, 0.1) is 0 Å². The van der Waals surface area contributed by atoms with E-state index in [1.807, 2.05) is 30.6 Å². The maximum atomic E-state index is 4.77. The first-order valence-electron chi connectivity index (χ1n) is 13.3. The van der Waals surface area contributed by atoms with E-state index in [4.69, 9.17) is 4.98 Å². The Hall–Kier alpha value is -3.61. The molecule has 0 aliphatic carbocycles. The fraction of sp³-hybridized carbons (Fsp3) is 0.323. The van der Waals surface area contributed by atoms with Crippen molar-refractivity contribution in [2.45, 2.75) is 33.4 Å². The summed E-state index contributed by atoms with van der Waals surface area (Å²) in [5.41, 5.74) is 7.47. The van der Waals surface area contributed by atoms with Crippen molar-refractivity contribution in [1.29, 1.82) is 0 Å². The van der Waals surface area contributed by atoms with Crippen LogP contribution in [0.25, 0.3) is 33.6 Å². The molecule has 1 aromatic carbocycles. The Bertz CT molecular complexity index is 1300. The average Bonchev–Trinajstić information content (AvgIpc) is 2.94. The van der Waals surface area contributed by atoms with Gasteiger partial charge in [0.25, 0.3) is 0 Å². The molecule has 0 saturated carbocycles. The van der Waals surface area contributed by atoms with Crippen LogP contribution in [-0.2, 0) is 6.54 Å². The standard InChI is InChI=1S/C31H36N6/c1-4-33-31-19-26(18-30(35-31)29-7-5-6-12-34-29)28-17-27(20-32-21-28)25-10-8-24(9-11-25)22-36-13-15-37(16-14-36)23(2)3/h5-12,17-21,23H,4,13-16,22H2,1-3H3,(H,33,35).